The lowest BCUT2D eigenvalue weighted by atomic mass is 9.99. The van der Waals surface area contributed by atoms with Crippen molar-refractivity contribution < 1.29 is 9.90 Å². The van der Waals surface area contributed by atoms with Crippen molar-refractivity contribution in [1.82, 2.24) is 9.47 Å². The van der Waals surface area contributed by atoms with E-state index in [-0.39, 0.29) is 11.5 Å². The molecule has 156 valence electrons. The van der Waals surface area contributed by atoms with Crippen molar-refractivity contribution in [3.63, 3.8) is 0 Å². The Hall–Kier alpha value is -1.19. The van der Waals surface area contributed by atoms with E-state index in [0.717, 1.165) is 43.4 Å². The number of hydrogen-bond donors (Lipinski definition) is 1. The number of unbranched alkanes of at least 4 members (excludes halogenated alkanes) is 1. The number of carbonyl (C=O) groups is 1. The average molecular weight is 399 g/mol. The zero-order valence-corrected chi connectivity index (χ0v) is 19.4. The number of nitrogens with zero attached hydrogens (tertiary/aromatic N) is 2. The molecule has 2 atom stereocenters. The number of aliphatic carboxylic acids is 1. The minimum Gasteiger partial charge on any atom is -0.480 e. The molecule has 0 bridgehead atoms. The number of carboxylic acids is 1. The van der Waals surface area contributed by atoms with Gasteiger partial charge >= 0.3 is 5.97 Å². The third-order valence-electron chi connectivity index (χ3n) is 4.40. The molecule has 0 saturated carbocycles. The summed E-state index contributed by atoms with van der Waals surface area (Å²) in [7, 11) is 6.60. The summed E-state index contributed by atoms with van der Waals surface area (Å²) < 4.78 is 1.44. The molecule has 0 saturated heterocycles. The number of carboxylic acid groups (broad SMARTS) is 1. The van der Waals surface area contributed by atoms with Gasteiger partial charge in [-0.15, -0.1) is 0 Å². The first-order valence-electron chi connectivity index (χ1n) is 10.1. The van der Waals surface area contributed by atoms with Crippen molar-refractivity contribution >= 4 is 20.5 Å². The molecule has 1 aromatic rings. The van der Waals surface area contributed by atoms with E-state index in [1.165, 1.54) is 4.57 Å². The Morgan fingerprint density at radius 2 is 1.85 bits per heavy atom. The SMILES string of the molecule is CC.CCCCc1c(CCN(C)C)cn(C(CC(C)C)C(=O)O)c(=O)c1P. The number of likely N-dealkylation sites (N-methyl/N-ethyl adjacent to an activating group) is 1. The predicted molar refractivity (Wildman–Crippen MR) is 118 cm³/mol. The number of pyridine rings is 1. The van der Waals surface area contributed by atoms with Gasteiger partial charge in [0, 0.05) is 18.0 Å². The first-order chi connectivity index (χ1) is 12.7. The summed E-state index contributed by atoms with van der Waals surface area (Å²) in [5, 5.41) is 10.3. The fraction of sp³-hybridized carbons (Fsp3) is 0.714. The molecule has 1 aromatic heterocycles. The molecular weight excluding hydrogens is 359 g/mol. The van der Waals surface area contributed by atoms with Gasteiger partial charge in [-0.05, 0) is 56.8 Å². The normalized spacial score (nSPS) is 12.1. The van der Waals surface area contributed by atoms with Crippen molar-refractivity contribution in [2.45, 2.75) is 72.8 Å². The van der Waals surface area contributed by atoms with Gasteiger partial charge in [-0.1, -0.05) is 50.3 Å². The van der Waals surface area contributed by atoms with Crippen LogP contribution in [0.1, 0.15) is 71.0 Å². The zero-order valence-electron chi connectivity index (χ0n) is 18.2. The molecule has 0 spiro atoms. The first kappa shape index (κ1) is 25.8. The van der Waals surface area contributed by atoms with Gasteiger partial charge in [0.05, 0.1) is 0 Å². The Labute approximate surface area is 167 Å². The molecule has 6 heteroatoms. The summed E-state index contributed by atoms with van der Waals surface area (Å²) >= 11 is 0. The summed E-state index contributed by atoms with van der Waals surface area (Å²) in [6, 6.07) is -0.815. The van der Waals surface area contributed by atoms with Crippen molar-refractivity contribution in [2.75, 3.05) is 20.6 Å². The fourth-order valence-electron chi connectivity index (χ4n) is 2.97. The number of hydrogen-bond acceptors (Lipinski definition) is 3. The Morgan fingerprint density at radius 3 is 2.30 bits per heavy atom. The molecule has 1 heterocycles. The Balaban J connectivity index is 0.00000326. The van der Waals surface area contributed by atoms with E-state index in [2.05, 4.69) is 21.1 Å². The third kappa shape index (κ3) is 8.15. The van der Waals surface area contributed by atoms with E-state index < -0.39 is 12.0 Å². The minimum absolute atomic E-state index is 0.197. The molecule has 0 aliphatic carbocycles. The third-order valence-corrected chi connectivity index (χ3v) is 4.99. The summed E-state index contributed by atoms with van der Waals surface area (Å²) in [6.07, 6.45) is 5.99. The van der Waals surface area contributed by atoms with E-state index in [0.29, 0.717) is 11.7 Å². The Morgan fingerprint density at radius 1 is 1.26 bits per heavy atom. The van der Waals surface area contributed by atoms with Crippen LogP contribution in [0.25, 0.3) is 0 Å². The van der Waals surface area contributed by atoms with Gasteiger partial charge in [0.2, 0.25) is 0 Å². The van der Waals surface area contributed by atoms with E-state index in [4.69, 9.17) is 0 Å². The summed E-state index contributed by atoms with van der Waals surface area (Å²) in [4.78, 5) is 26.7. The van der Waals surface area contributed by atoms with Crippen LogP contribution in [0.3, 0.4) is 0 Å². The van der Waals surface area contributed by atoms with Gasteiger partial charge in [0.1, 0.15) is 6.04 Å². The summed E-state index contributed by atoms with van der Waals surface area (Å²) in [5.74, 6) is -0.744. The molecule has 1 rings (SSSR count). The van der Waals surface area contributed by atoms with Crippen molar-refractivity contribution in [3.8, 4) is 0 Å². The molecule has 0 aliphatic rings. The highest BCUT2D eigenvalue weighted by molar-refractivity contribution is 7.27. The van der Waals surface area contributed by atoms with E-state index >= 15 is 0 Å². The zero-order chi connectivity index (χ0) is 21.1. The largest absolute Gasteiger partial charge is 0.480 e. The van der Waals surface area contributed by atoms with Crippen LogP contribution in [0.4, 0.5) is 0 Å². The van der Waals surface area contributed by atoms with Crippen molar-refractivity contribution in [1.29, 1.82) is 0 Å². The van der Waals surface area contributed by atoms with E-state index in [1.807, 2.05) is 41.8 Å². The van der Waals surface area contributed by atoms with Crippen molar-refractivity contribution in [2.24, 2.45) is 5.92 Å². The molecular formula is C21H39N2O3P. The average Bonchev–Trinajstić information content (AvgIpc) is 2.61. The van der Waals surface area contributed by atoms with Crippen molar-refractivity contribution in [3.05, 3.63) is 27.7 Å². The second kappa shape index (κ2) is 13.1. The molecule has 0 fully saturated rings. The second-order valence-electron chi connectivity index (χ2n) is 7.40. The molecule has 0 amide bonds. The molecule has 27 heavy (non-hydrogen) atoms. The lowest BCUT2D eigenvalue weighted by Gasteiger charge is -2.22. The van der Waals surface area contributed by atoms with Crippen LogP contribution in [-0.4, -0.2) is 41.2 Å². The molecule has 1 N–H and O–H groups in total. The van der Waals surface area contributed by atoms with Gasteiger partial charge in [0.15, 0.2) is 0 Å². The number of rotatable bonds is 10. The van der Waals surface area contributed by atoms with E-state index in [9.17, 15) is 14.7 Å². The first-order valence-corrected chi connectivity index (χ1v) is 10.7. The monoisotopic (exact) mass is 398 g/mol. The molecule has 0 aromatic carbocycles. The van der Waals surface area contributed by atoms with E-state index in [1.54, 1.807) is 6.20 Å². The molecule has 5 nitrogen and oxygen atoms in total. The highest BCUT2D eigenvalue weighted by atomic mass is 31.0. The van der Waals surface area contributed by atoms with Gasteiger partial charge in [-0.2, -0.15) is 0 Å². The lowest BCUT2D eigenvalue weighted by molar-refractivity contribution is -0.141. The maximum absolute atomic E-state index is 12.8. The van der Waals surface area contributed by atoms with Crippen LogP contribution in [0.5, 0.6) is 0 Å². The Kier molecular flexibility index (Phi) is 12.5. The van der Waals surface area contributed by atoms with Crippen LogP contribution in [0.15, 0.2) is 11.0 Å². The topological polar surface area (TPSA) is 62.5 Å². The smallest absolute Gasteiger partial charge is 0.326 e. The Bertz CT molecular complexity index is 639. The van der Waals surface area contributed by atoms with Gasteiger partial charge in [-0.3, -0.25) is 4.79 Å². The molecule has 0 aliphatic heterocycles. The van der Waals surface area contributed by atoms with Crippen LogP contribution < -0.4 is 10.9 Å². The van der Waals surface area contributed by atoms with Crippen LogP contribution >= 0.6 is 9.24 Å². The number of aromatic nitrogens is 1. The maximum atomic E-state index is 12.8. The molecule has 0 radical (unpaired) electrons. The minimum atomic E-state index is -0.944. The highest BCUT2D eigenvalue weighted by Gasteiger charge is 2.24. The van der Waals surface area contributed by atoms with Gasteiger partial charge < -0.3 is 14.6 Å². The summed E-state index contributed by atoms with van der Waals surface area (Å²) in [6.45, 7) is 11.0. The highest BCUT2D eigenvalue weighted by Crippen LogP contribution is 2.19. The quantitative estimate of drug-likeness (QED) is 0.613. The second-order valence-corrected chi connectivity index (χ2v) is 7.98. The lowest BCUT2D eigenvalue weighted by Crippen LogP contribution is -2.39. The maximum Gasteiger partial charge on any atom is 0.326 e. The van der Waals surface area contributed by atoms with Gasteiger partial charge in [0.25, 0.3) is 5.56 Å². The van der Waals surface area contributed by atoms with Gasteiger partial charge in [-0.25, -0.2) is 4.79 Å². The summed E-state index contributed by atoms with van der Waals surface area (Å²) in [5.41, 5.74) is 1.96. The predicted octanol–water partition coefficient (Wildman–Crippen LogP) is 3.49. The standard InChI is InChI=1S/C19H33N2O3P.C2H6/c1-6-7-8-15-14(9-10-20(4)5)12-21(18(22)17(15)25)16(19(23)24)11-13(2)3;1-2/h12-13,16H,6-11,25H2,1-5H3,(H,23,24);1-2H3. The van der Waals surface area contributed by atoms with Crippen LogP contribution in [0, 0.1) is 5.92 Å². The van der Waals surface area contributed by atoms with Crippen LogP contribution in [-0.2, 0) is 17.6 Å². The van der Waals surface area contributed by atoms with Crippen LogP contribution in [0.2, 0.25) is 0 Å². The molecule has 2 unspecified atom stereocenters. The fourth-order valence-corrected chi connectivity index (χ4v) is 3.44.